The fourth-order valence-corrected chi connectivity index (χ4v) is 3.54. The highest BCUT2D eigenvalue weighted by Gasteiger charge is 2.22. The van der Waals surface area contributed by atoms with Gasteiger partial charge < -0.3 is 10.2 Å². The molecule has 3 nitrogen and oxygen atoms in total. The summed E-state index contributed by atoms with van der Waals surface area (Å²) < 4.78 is 0. The average Bonchev–Trinajstić information content (AvgIpc) is 2.33. The molecule has 1 aromatic carbocycles. The zero-order valence-electron chi connectivity index (χ0n) is 11.3. The molecule has 1 saturated heterocycles. The van der Waals surface area contributed by atoms with Crippen LogP contribution in [0.3, 0.4) is 0 Å². The lowest BCUT2D eigenvalue weighted by Crippen LogP contribution is -3.14. The minimum Gasteiger partial charge on any atom is -0.327 e. The van der Waals surface area contributed by atoms with Crippen LogP contribution in [0, 0.1) is 5.92 Å². The Morgan fingerprint density at radius 1 is 1.35 bits per heavy atom. The van der Waals surface area contributed by atoms with Crippen LogP contribution in [0.2, 0.25) is 15.1 Å². The molecular formula is C14H18Cl3N2O+. The lowest BCUT2D eigenvalue weighted by molar-refractivity contribution is -0.900. The predicted octanol–water partition coefficient (Wildman–Crippen LogP) is 2.90. The van der Waals surface area contributed by atoms with E-state index in [4.69, 9.17) is 34.8 Å². The quantitative estimate of drug-likeness (QED) is 0.874. The molecule has 1 aliphatic heterocycles. The van der Waals surface area contributed by atoms with Crippen molar-refractivity contribution in [1.29, 1.82) is 0 Å². The van der Waals surface area contributed by atoms with Crippen LogP contribution in [0.15, 0.2) is 12.1 Å². The van der Waals surface area contributed by atoms with E-state index >= 15 is 0 Å². The molecule has 1 heterocycles. The Morgan fingerprint density at radius 3 is 2.60 bits per heavy atom. The van der Waals surface area contributed by atoms with Gasteiger partial charge >= 0.3 is 0 Å². The van der Waals surface area contributed by atoms with Crippen molar-refractivity contribution in [3.05, 3.63) is 27.2 Å². The third-order valence-electron chi connectivity index (χ3n) is 3.55. The van der Waals surface area contributed by atoms with E-state index in [-0.39, 0.29) is 5.91 Å². The molecule has 0 aliphatic carbocycles. The van der Waals surface area contributed by atoms with Crippen LogP contribution in [-0.4, -0.2) is 25.5 Å². The minimum atomic E-state index is -0.0692. The number of hydrogen-bond acceptors (Lipinski definition) is 1. The maximum Gasteiger partial charge on any atom is 0.279 e. The fourth-order valence-electron chi connectivity index (χ4n) is 2.63. The van der Waals surface area contributed by atoms with Gasteiger partial charge in [0.25, 0.3) is 5.91 Å². The molecular weight excluding hydrogens is 319 g/mol. The first-order valence-corrected chi connectivity index (χ1v) is 7.87. The minimum absolute atomic E-state index is 0.0692. The molecule has 20 heavy (non-hydrogen) atoms. The number of carbonyl (C=O) groups excluding carboxylic acids is 1. The van der Waals surface area contributed by atoms with Crippen molar-refractivity contribution in [3.63, 3.8) is 0 Å². The maximum absolute atomic E-state index is 12.1. The zero-order valence-corrected chi connectivity index (χ0v) is 13.6. The number of piperidine rings is 1. The van der Waals surface area contributed by atoms with E-state index in [9.17, 15) is 4.79 Å². The standard InChI is InChI=1S/C14H17Cl3N2O/c1-9-3-2-4-19(7-9)8-13(20)18-14-11(16)5-10(15)6-12(14)17/h5-6,9H,2-4,7-8H2,1H3,(H,18,20)/p+1/t9-/m1/s1. The van der Waals surface area contributed by atoms with Crippen LogP contribution < -0.4 is 10.2 Å². The normalized spacial score (nSPS) is 22.6. The monoisotopic (exact) mass is 335 g/mol. The van der Waals surface area contributed by atoms with Crippen LogP contribution in [0.1, 0.15) is 19.8 Å². The van der Waals surface area contributed by atoms with Crippen LogP contribution in [0.25, 0.3) is 0 Å². The SMILES string of the molecule is C[C@@H]1CCC[NH+](CC(=O)Nc2c(Cl)cc(Cl)cc2Cl)C1. The third-order valence-corrected chi connectivity index (χ3v) is 4.36. The van der Waals surface area contributed by atoms with Crippen LogP contribution >= 0.6 is 34.8 Å². The average molecular weight is 337 g/mol. The molecule has 2 atom stereocenters. The summed E-state index contributed by atoms with van der Waals surface area (Å²) in [6.07, 6.45) is 2.42. The van der Waals surface area contributed by atoms with Gasteiger partial charge in [-0.2, -0.15) is 0 Å². The Kier molecular flexibility index (Phi) is 5.56. The molecule has 110 valence electrons. The Balaban J connectivity index is 1.98. The molecule has 0 spiro atoms. The Bertz CT molecular complexity index is 484. The van der Waals surface area contributed by atoms with Gasteiger partial charge in [0.1, 0.15) is 0 Å². The van der Waals surface area contributed by atoms with E-state index in [1.165, 1.54) is 17.7 Å². The number of rotatable bonds is 3. The molecule has 0 radical (unpaired) electrons. The number of hydrogen-bond donors (Lipinski definition) is 2. The summed E-state index contributed by atoms with van der Waals surface area (Å²) in [5, 5.41) is 3.96. The molecule has 0 bridgehead atoms. The first kappa shape index (κ1) is 15.9. The van der Waals surface area contributed by atoms with Crippen LogP contribution in [0.4, 0.5) is 5.69 Å². The number of benzene rings is 1. The zero-order chi connectivity index (χ0) is 14.7. The van der Waals surface area contributed by atoms with Crippen molar-refractivity contribution in [2.75, 3.05) is 25.0 Å². The van der Waals surface area contributed by atoms with E-state index in [0.717, 1.165) is 13.1 Å². The van der Waals surface area contributed by atoms with Gasteiger partial charge in [0, 0.05) is 10.9 Å². The molecule has 1 aromatic rings. The summed E-state index contributed by atoms with van der Waals surface area (Å²) >= 11 is 18.0. The van der Waals surface area contributed by atoms with E-state index in [1.807, 2.05) is 0 Å². The fraction of sp³-hybridized carbons (Fsp3) is 0.500. The Labute approximate surface area is 134 Å². The Morgan fingerprint density at radius 2 is 2.00 bits per heavy atom. The highest BCUT2D eigenvalue weighted by atomic mass is 35.5. The van der Waals surface area contributed by atoms with Crippen molar-refractivity contribution >= 4 is 46.4 Å². The lowest BCUT2D eigenvalue weighted by atomic mass is 10.0. The number of likely N-dealkylation sites (tertiary alicyclic amines) is 1. The molecule has 0 aromatic heterocycles. The second-order valence-corrected chi connectivity index (χ2v) is 6.67. The van der Waals surface area contributed by atoms with Gasteiger partial charge in [-0.1, -0.05) is 41.7 Å². The number of anilines is 1. The van der Waals surface area contributed by atoms with Crippen molar-refractivity contribution < 1.29 is 9.69 Å². The van der Waals surface area contributed by atoms with Gasteiger partial charge in [0.2, 0.25) is 0 Å². The molecule has 1 unspecified atom stereocenters. The van der Waals surface area contributed by atoms with Gasteiger partial charge in [-0.3, -0.25) is 4.79 Å². The van der Waals surface area contributed by atoms with Crippen molar-refractivity contribution in [2.24, 2.45) is 5.92 Å². The van der Waals surface area contributed by atoms with Crippen LogP contribution in [0.5, 0.6) is 0 Å². The number of amides is 1. The summed E-state index contributed by atoms with van der Waals surface area (Å²) in [7, 11) is 0. The molecule has 1 aliphatic rings. The second kappa shape index (κ2) is 6.99. The van der Waals surface area contributed by atoms with Gasteiger partial charge in [0.15, 0.2) is 6.54 Å². The number of halogens is 3. The largest absolute Gasteiger partial charge is 0.327 e. The summed E-state index contributed by atoms with van der Waals surface area (Å²) in [4.78, 5) is 13.4. The number of nitrogens with one attached hydrogen (secondary N) is 2. The molecule has 1 amide bonds. The van der Waals surface area contributed by atoms with Crippen molar-refractivity contribution in [2.45, 2.75) is 19.8 Å². The van der Waals surface area contributed by atoms with Gasteiger partial charge in [-0.25, -0.2) is 0 Å². The third kappa shape index (κ3) is 4.26. The molecule has 2 N–H and O–H groups in total. The smallest absolute Gasteiger partial charge is 0.279 e. The van der Waals surface area contributed by atoms with E-state index in [1.54, 1.807) is 12.1 Å². The van der Waals surface area contributed by atoms with Crippen LogP contribution in [-0.2, 0) is 4.79 Å². The lowest BCUT2D eigenvalue weighted by Gasteiger charge is -2.27. The van der Waals surface area contributed by atoms with E-state index in [0.29, 0.717) is 33.2 Å². The highest BCUT2D eigenvalue weighted by molar-refractivity contribution is 6.42. The van der Waals surface area contributed by atoms with Gasteiger partial charge in [0.05, 0.1) is 28.8 Å². The molecule has 6 heteroatoms. The summed E-state index contributed by atoms with van der Waals surface area (Å²) in [5.41, 5.74) is 0.437. The first-order chi connectivity index (χ1) is 9.45. The summed E-state index contributed by atoms with van der Waals surface area (Å²) in [5.74, 6) is 0.606. The first-order valence-electron chi connectivity index (χ1n) is 6.73. The molecule has 2 rings (SSSR count). The number of quaternary nitrogens is 1. The van der Waals surface area contributed by atoms with Gasteiger partial charge in [-0.15, -0.1) is 0 Å². The van der Waals surface area contributed by atoms with Crippen molar-refractivity contribution in [3.8, 4) is 0 Å². The summed E-state index contributed by atoms with van der Waals surface area (Å²) in [6, 6.07) is 3.14. The van der Waals surface area contributed by atoms with Gasteiger partial charge in [-0.05, 0) is 25.0 Å². The molecule has 1 fully saturated rings. The van der Waals surface area contributed by atoms with Crippen molar-refractivity contribution in [1.82, 2.24) is 0 Å². The number of carbonyl (C=O) groups is 1. The molecule has 0 saturated carbocycles. The van der Waals surface area contributed by atoms with E-state index in [2.05, 4.69) is 12.2 Å². The summed E-state index contributed by atoms with van der Waals surface area (Å²) in [6.45, 7) is 4.75. The second-order valence-electron chi connectivity index (χ2n) is 5.42. The maximum atomic E-state index is 12.1. The predicted molar refractivity (Wildman–Crippen MR) is 84.1 cm³/mol. The van der Waals surface area contributed by atoms with E-state index < -0.39 is 0 Å². The highest BCUT2D eigenvalue weighted by Crippen LogP contribution is 2.33. The Hall–Kier alpha value is -0.480. The topological polar surface area (TPSA) is 33.5 Å².